The molecule has 0 aliphatic carbocycles. The summed E-state index contributed by atoms with van der Waals surface area (Å²) in [6.45, 7) is 0.603. The second-order valence-electron chi connectivity index (χ2n) is 8.19. The lowest BCUT2D eigenvalue weighted by Gasteiger charge is -2.31. The molecule has 1 aliphatic heterocycles. The van der Waals surface area contributed by atoms with Crippen molar-refractivity contribution in [3.63, 3.8) is 0 Å². The Morgan fingerprint density at radius 2 is 1.78 bits per heavy atom. The van der Waals surface area contributed by atoms with E-state index in [-0.39, 0.29) is 37.3 Å². The number of nitrogens with one attached hydrogen (secondary N) is 1. The van der Waals surface area contributed by atoms with Crippen molar-refractivity contribution in [1.82, 2.24) is 20.2 Å². The lowest BCUT2D eigenvalue weighted by atomic mass is 9.95. The van der Waals surface area contributed by atoms with Crippen LogP contribution in [0.4, 0.5) is 13.2 Å². The predicted octanol–water partition coefficient (Wildman–Crippen LogP) is 1.66. The van der Waals surface area contributed by atoms with Gasteiger partial charge in [0.2, 0.25) is 17.5 Å². The summed E-state index contributed by atoms with van der Waals surface area (Å²) in [4.78, 5) is 58.2. The maximum Gasteiger partial charge on any atom is 0.305 e. The van der Waals surface area contributed by atoms with Gasteiger partial charge < -0.3 is 20.1 Å². The van der Waals surface area contributed by atoms with Gasteiger partial charge in [0.25, 0.3) is 5.91 Å². The molecular weight excluding hydrogens is 485 g/mol. The molecular formula is C23H23F3N4O6. The Kier molecular flexibility index (Phi) is 8.56. The molecule has 2 N–H and O–H groups in total. The van der Waals surface area contributed by atoms with E-state index in [0.29, 0.717) is 6.07 Å². The van der Waals surface area contributed by atoms with E-state index in [9.17, 15) is 32.3 Å². The third kappa shape index (κ3) is 6.34. The Morgan fingerprint density at radius 3 is 2.39 bits per heavy atom. The number of hydrogen-bond donors (Lipinski definition) is 2. The van der Waals surface area contributed by atoms with E-state index in [1.54, 1.807) is 6.07 Å². The van der Waals surface area contributed by atoms with Gasteiger partial charge in [0.05, 0.1) is 6.42 Å². The molecule has 1 aliphatic rings. The van der Waals surface area contributed by atoms with Crippen molar-refractivity contribution in [2.24, 2.45) is 5.92 Å². The first-order valence-corrected chi connectivity index (χ1v) is 11.0. The quantitative estimate of drug-likeness (QED) is 0.488. The fourth-order valence-electron chi connectivity index (χ4n) is 3.68. The summed E-state index contributed by atoms with van der Waals surface area (Å²) in [6.07, 6.45) is 2.55. The van der Waals surface area contributed by atoms with E-state index in [1.165, 1.54) is 24.2 Å². The maximum absolute atomic E-state index is 14.1. The summed E-state index contributed by atoms with van der Waals surface area (Å²) in [5.41, 5.74) is -0.254. The van der Waals surface area contributed by atoms with Gasteiger partial charge in [0.15, 0.2) is 23.2 Å². The molecule has 10 nitrogen and oxygen atoms in total. The second kappa shape index (κ2) is 11.6. The van der Waals surface area contributed by atoms with Crippen LogP contribution in [0.3, 0.4) is 0 Å². The number of halogens is 3. The van der Waals surface area contributed by atoms with Gasteiger partial charge in [-0.05, 0) is 37.5 Å². The number of carbonyl (C=O) groups is 4. The normalized spacial score (nSPS) is 14.7. The minimum atomic E-state index is -1.63. The average Bonchev–Trinajstić information content (AvgIpc) is 2.86. The van der Waals surface area contributed by atoms with Crippen LogP contribution in [0.2, 0.25) is 0 Å². The molecule has 36 heavy (non-hydrogen) atoms. The number of aromatic nitrogens is 2. The van der Waals surface area contributed by atoms with Crippen LogP contribution in [0.15, 0.2) is 24.5 Å². The Balaban J connectivity index is 1.59. The molecule has 1 atom stereocenters. The molecule has 0 unspecified atom stereocenters. The predicted molar refractivity (Wildman–Crippen MR) is 116 cm³/mol. The highest BCUT2D eigenvalue weighted by molar-refractivity contribution is 5.93. The van der Waals surface area contributed by atoms with Gasteiger partial charge in [-0.1, -0.05) is 0 Å². The zero-order valence-electron chi connectivity index (χ0n) is 19.2. The molecule has 13 heteroatoms. The standard InChI is InChI=1S/C23H23F3N4O6/c1-12-9-14(24)19(26)20(18(12)25)36-11-16(31)15(10-17(32)33)29-22(34)13-3-7-30(8-4-13)23(35)21-27-5-2-6-28-21/h2,5-6,9,13,15H,3-4,7-8,10-11H2,1H3,(H,29,34)(H,32,33)/t15-/m0/s1. The lowest BCUT2D eigenvalue weighted by Crippen LogP contribution is -2.49. The molecule has 2 aromatic rings. The Morgan fingerprint density at radius 1 is 1.14 bits per heavy atom. The van der Waals surface area contributed by atoms with Crippen LogP contribution in [-0.2, 0) is 14.4 Å². The number of benzene rings is 1. The van der Waals surface area contributed by atoms with E-state index < -0.39 is 71.8 Å². The van der Waals surface area contributed by atoms with Gasteiger partial charge in [-0.25, -0.2) is 18.7 Å². The number of piperidine rings is 1. The SMILES string of the molecule is Cc1cc(F)c(F)c(OCC(=O)[C@H](CC(=O)O)NC(=O)C2CCN(C(=O)c3ncccn3)CC2)c1F. The third-order valence-corrected chi connectivity index (χ3v) is 5.65. The van der Waals surface area contributed by atoms with E-state index in [2.05, 4.69) is 15.3 Å². The van der Waals surface area contributed by atoms with Crippen LogP contribution < -0.4 is 10.1 Å². The summed E-state index contributed by atoms with van der Waals surface area (Å²) >= 11 is 0. The number of carboxylic acids is 1. The highest BCUT2D eigenvalue weighted by Gasteiger charge is 2.32. The van der Waals surface area contributed by atoms with Crippen LogP contribution in [0, 0.1) is 30.3 Å². The molecule has 2 amide bonds. The zero-order valence-corrected chi connectivity index (χ0v) is 19.2. The van der Waals surface area contributed by atoms with Crippen LogP contribution >= 0.6 is 0 Å². The second-order valence-corrected chi connectivity index (χ2v) is 8.19. The molecule has 3 rings (SSSR count). The van der Waals surface area contributed by atoms with E-state index >= 15 is 0 Å². The average molecular weight is 508 g/mol. The van der Waals surface area contributed by atoms with Gasteiger partial charge in [0, 0.05) is 31.4 Å². The number of nitrogens with zero attached hydrogens (tertiary/aromatic N) is 3. The number of aliphatic carboxylic acids is 1. The number of carboxylic acid groups (broad SMARTS) is 1. The number of aryl methyl sites for hydroxylation is 1. The highest BCUT2D eigenvalue weighted by atomic mass is 19.2. The van der Waals surface area contributed by atoms with Gasteiger partial charge in [-0.15, -0.1) is 0 Å². The largest absolute Gasteiger partial charge is 0.481 e. The molecule has 1 aromatic heterocycles. The van der Waals surface area contributed by atoms with Gasteiger partial charge >= 0.3 is 5.97 Å². The van der Waals surface area contributed by atoms with Crippen molar-refractivity contribution >= 4 is 23.6 Å². The lowest BCUT2D eigenvalue weighted by molar-refractivity contribution is -0.141. The molecule has 192 valence electrons. The number of likely N-dealkylation sites (tertiary alicyclic amines) is 1. The van der Waals surface area contributed by atoms with E-state index in [4.69, 9.17) is 9.84 Å². The minimum Gasteiger partial charge on any atom is -0.481 e. The fraction of sp³-hybridized carbons (Fsp3) is 0.391. The molecule has 1 fully saturated rings. The first-order valence-electron chi connectivity index (χ1n) is 11.0. The molecule has 1 aromatic carbocycles. The minimum absolute atomic E-state index is 0.0221. The van der Waals surface area contributed by atoms with Crippen LogP contribution in [0.1, 0.15) is 35.4 Å². The molecule has 1 saturated heterocycles. The Bertz CT molecular complexity index is 1130. The molecule has 0 radical (unpaired) electrons. The van der Waals surface area contributed by atoms with Crippen LogP contribution in [-0.4, -0.2) is 69.3 Å². The van der Waals surface area contributed by atoms with Crippen molar-refractivity contribution in [2.45, 2.75) is 32.2 Å². The number of rotatable bonds is 9. The molecule has 0 saturated carbocycles. The van der Waals surface area contributed by atoms with Gasteiger partial charge in [-0.3, -0.25) is 19.2 Å². The first kappa shape index (κ1) is 26.6. The number of Topliss-reactive ketones (excluding diaryl/α,β-unsaturated/α-hetero) is 1. The highest BCUT2D eigenvalue weighted by Crippen LogP contribution is 2.27. The van der Waals surface area contributed by atoms with Crippen LogP contribution in [0.25, 0.3) is 0 Å². The van der Waals surface area contributed by atoms with Crippen LogP contribution in [0.5, 0.6) is 5.75 Å². The summed E-state index contributed by atoms with van der Waals surface area (Å²) in [7, 11) is 0. The van der Waals surface area contributed by atoms with Crippen molar-refractivity contribution < 1.29 is 42.2 Å². The molecule has 2 heterocycles. The van der Waals surface area contributed by atoms with Gasteiger partial charge in [-0.2, -0.15) is 4.39 Å². The smallest absolute Gasteiger partial charge is 0.305 e. The number of amides is 2. The van der Waals surface area contributed by atoms with E-state index in [1.807, 2.05) is 0 Å². The van der Waals surface area contributed by atoms with Crippen molar-refractivity contribution in [1.29, 1.82) is 0 Å². The Hall–Kier alpha value is -4.03. The number of ketones is 1. The summed E-state index contributed by atoms with van der Waals surface area (Å²) in [6, 6.07) is 0.644. The summed E-state index contributed by atoms with van der Waals surface area (Å²) in [5.74, 6) is -9.30. The monoisotopic (exact) mass is 508 g/mol. The number of hydrogen-bond acceptors (Lipinski definition) is 7. The third-order valence-electron chi connectivity index (χ3n) is 5.65. The Labute approximate surface area is 203 Å². The van der Waals surface area contributed by atoms with E-state index in [0.717, 1.165) is 0 Å². The number of ether oxygens (including phenoxy) is 1. The number of carbonyl (C=O) groups excluding carboxylic acids is 3. The first-order chi connectivity index (χ1) is 17.1. The van der Waals surface area contributed by atoms with Crippen molar-refractivity contribution in [3.8, 4) is 5.75 Å². The molecule has 0 bridgehead atoms. The van der Waals surface area contributed by atoms with Gasteiger partial charge in [0.1, 0.15) is 12.6 Å². The summed E-state index contributed by atoms with van der Waals surface area (Å²) in [5, 5.41) is 11.5. The molecule has 0 spiro atoms. The maximum atomic E-state index is 14.1. The van der Waals surface area contributed by atoms with Crippen molar-refractivity contribution in [3.05, 3.63) is 53.4 Å². The van der Waals surface area contributed by atoms with Crippen molar-refractivity contribution in [2.75, 3.05) is 19.7 Å². The zero-order chi connectivity index (χ0) is 26.4. The summed E-state index contributed by atoms with van der Waals surface area (Å²) < 4.78 is 46.4. The topological polar surface area (TPSA) is 139 Å². The fourth-order valence-corrected chi connectivity index (χ4v) is 3.68.